The van der Waals surface area contributed by atoms with E-state index in [1.165, 1.54) is 77.5 Å². The van der Waals surface area contributed by atoms with Crippen LogP contribution in [0.15, 0.2) is 0 Å². The highest BCUT2D eigenvalue weighted by atomic mass is 16.3. The van der Waals surface area contributed by atoms with Crippen molar-refractivity contribution in [2.45, 2.75) is 79.1 Å². The van der Waals surface area contributed by atoms with Crippen LogP contribution in [0.1, 0.15) is 79.1 Å². The maximum absolute atomic E-state index is 8.25. The first-order valence-electron chi connectivity index (χ1n) is 9.40. The summed E-state index contributed by atoms with van der Waals surface area (Å²) < 4.78 is 0. The molecular weight excluding hydrogens is 308 g/mol. The molecule has 0 aromatic rings. The van der Waals surface area contributed by atoms with E-state index in [2.05, 4.69) is 38.3 Å². The van der Waals surface area contributed by atoms with Crippen molar-refractivity contribution in [3.05, 3.63) is 0 Å². The number of hydrogen-bond donors (Lipinski definition) is 2. The summed E-state index contributed by atoms with van der Waals surface area (Å²) >= 11 is 0. The van der Waals surface area contributed by atoms with Crippen molar-refractivity contribution < 1.29 is 30.4 Å². The Labute approximate surface area is 149 Å². The molecule has 0 saturated heterocycles. The van der Waals surface area contributed by atoms with E-state index in [1.807, 2.05) is 0 Å². The summed E-state index contributed by atoms with van der Waals surface area (Å²) in [5.41, 5.74) is 0. The number of carboxylic acid groups (broad SMARTS) is 2. The molecule has 0 heterocycles. The van der Waals surface area contributed by atoms with E-state index in [9.17, 15) is 0 Å². The predicted octanol–water partition coefficient (Wildman–Crippen LogP) is -0.968. The van der Waals surface area contributed by atoms with E-state index >= 15 is 0 Å². The fourth-order valence-electron chi connectivity index (χ4n) is 1.68. The Balaban J connectivity index is -0.000000126. The Bertz CT molecular complexity index is 162. The molecule has 0 saturated carbocycles. The minimum Gasteiger partial charge on any atom is -0.554 e. The Morgan fingerprint density at radius 1 is 0.583 bits per heavy atom. The van der Waals surface area contributed by atoms with Crippen LogP contribution in [0.2, 0.25) is 0 Å². The minimum atomic E-state index is -0.500. The molecule has 0 bridgehead atoms. The summed E-state index contributed by atoms with van der Waals surface area (Å²) in [6.45, 7) is 13.3. The maximum atomic E-state index is 8.25. The van der Waals surface area contributed by atoms with Crippen LogP contribution in [0.5, 0.6) is 0 Å². The molecule has 6 nitrogen and oxygen atoms in total. The van der Waals surface area contributed by atoms with Gasteiger partial charge in [-0.3, -0.25) is 0 Å². The lowest BCUT2D eigenvalue weighted by atomic mass is 10.3. The second-order valence-electron chi connectivity index (χ2n) is 5.34. The van der Waals surface area contributed by atoms with Crippen molar-refractivity contribution in [3.63, 3.8) is 0 Å². The molecule has 6 heteroatoms. The Kier molecular flexibility index (Phi) is 55.1. The van der Waals surface area contributed by atoms with Crippen LogP contribution < -0.4 is 20.8 Å². The third-order valence-electron chi connectivity index (χ3n) is 3.05. The molecule has 0 aliphatic heterocycles. The van der Waals surface area contributed by atoms with Gasteiger partial charge in [-0.1, -0.05) is 53.4 Å². The molecule has 0 radical (unpaired) electrons. The third kappa shape index (κ3) is 69.8. The quantitative estimate of drug-likeness (QED) is 0.348. The van der Waals surface area contributed by atoms with Gasteiger partial charge in [0.2, 0.25) is 0 Å². The van der Waals surface area contributed by atoms with Crippen LogP contribution in [0.25, 0.3) is 0 Å². The summed E-state index contributed by atoms with van der Waals surface area (Å²) in [4.78, 5) is 16.5. The van der Waals surface area contributed by atoms with Crippen molar-refractivity contribution in [1.82, 2.24) is 0 Å². The summed E-state index contributed by atoms with van der Waals surface area (Å²) in [6.07, 6.45) is 10.9. The SMILES string of the molecule is CCCC[NH2+]CCCC.CCCC[NH2+]CCCC.O=C[O-].O=C[O-]. The molecule has 0 rings (SSSR count). The number of unbranched alkanes of at least 4 members (excludes halogenated alkanes) is 4. The molecule has 0 amide bonds. The van der Waals surface area contributed by atoms with Gasteiger partial charge in [0.1, 0.15) is 0 Å². The van der Waals surface area contributed by atoms with Gasteiger partial charge in [0.25, 0.3) is 0 Å². The predicted molar refractivity (Wildman–Crippen MR) is 95.1 cm³/mol. The largest absolute Gasteiger partial charge is 0.554 e. The molecule has 0 aromatic carbocycles. The average molecular weight is 351 g/mol. The van der Waals surface area contributed by atoms with Crippen LogP contribution in [0.3, 0.4) is 0 Å². The van der Waals surface area contributed by atoms with Gasteiger partial charge >= 0.3 is 0 Å². The molecule has 0 unspecified atom stereocenters. The van der Waals surface area contributed by atoms with Crippen LogP contribution >= 0.6 is 0 Å². The molecule has 0 aliphatic rings. The van der Waals surface area contributed by atoms with Gasteiger partial charge in [-0.25, -0.2) is 0 Å². The minimum absolute atomic E-state index is 0.500. The van der Waals surface area contributed by atoms with E-state index in [4.69, 9.17) is 19.8 Å². The van der Waals surface area contributed by atoms with Gasteiger partial charge < -0.3 is 30.4 Å². The number of carbonyl (C=O) groups is 2. The van der Waals surface area contributed by atoms with E-state index in [-0.39, 0.29) is 0 Å². The Morgan fingerprint density at radius 2 is 0.750 bits per heavy atom. The van der Waals surface area contributed by atoms with Crippen molar-refractivity contribution in [1.29, 1.82) is 0 Å². The summed E-state index contributed by atoms with van der Waals surface area (Å²) in [5, 5.41) is 21.3. The third-order valence-corrected chi connectivity index (χ3v) is 3.05. The van der Waals surface area contributed by atoms with Gasteiger partial charge in [0, 0.05) is 12.9 Å². The first-order chi connectivity index (χ1) is 11.7. The monoisotopic (exact) mass is 350 g/mol. The molecule has 0 aromatic heterocycles. The lowest BCUT2D eigenvalue weighted by Gasteiger charge is -1.96. The topological polar surface area (TPSA) is 113 Å². The summed E-state index contributed by atoms with van der Waals surface area (Å²) in [6, 6.07) is 0. The van der Waals surface area contributed by atoms with Crippen molar-refractivity contribution in [3.8, 4) is 0 Å². The number of rotatable bonds is 12. The molecular formula is C18H42N2O4. The molecule has 24 heavy (non-hydrogen) atoms. The van der Waals surface area contributed by atoms with Gasteiger partial charge in [0.05, 0.1) is 26.2 Å². The second kappa shape index (κ2) is 43.1. The summed E-state index contributed by atoms with van der Waals surface area (Å²) in [7, 11) is 0. The van der Waals surface area contributed by atoms with Gasteiger partial charge in [-0.15, -0.1) is 0 Å². The normalized spacial score (nSPS) is 8.50. The van der Waals surface area contributed by atoms with Crippen molar-refractivity contribution in [2.75, 3.05) is 26.2 Å². The fraction of sp³-hybridized carbons (Fsp3) is 0.889. The highest BCUT2D eigenvalue weighted by Gasteiger charge is 1.87. The first-order valence-corrected chi connectivity index (χ1v) is 9.40. The van der Waals surface area contributed by atoms with E-state index in [1.54, 1.807) is 0 Å². The van der Waals surface area contributed by atoms with Gasteiger partial charge in [-0.2, -0.15) is 0 Å². The van der Waals surface area contributed by atoms with Crippen LogP contribution in [0.4, 0.5) is 0 Å². The first kappa shape index (κ1) is 30.7. The standard InChI is InChI=1S/2C8H19N.2CH2O2/c2*1-3-5-7-9-8-6-4-2;2*2-1-3/h2*9H,3-8H2,1-2H3;2*1H,(H,2,3). The fourth-order valence-corrected chi connectivity index (χ4v) is 1.68. The molecule has 0 fully saturated rings. The zero-order valence-corrected chi connectivity index (χ0v) is 16.4. The van der Waals surface area contributed by atoms with Gasteiger partial charge in [-0.05, 0) is 25.7 Å². The van der Waals surface area contributed by atoms with Crippen LogP contribution in [0, 0.1) is 0 Å². The van der Waals surface area contributed by atoms with Crippen molar-refractivity contribution in [2.24, 2.45) is 0 Å². The molecule has 0 spiro atoms. The van der Waals surface area contributed by atoms with Gasteiger partial charge in [0.15, 0.2) is 0 Å². The van der Waals surface area contributed by atoms with E-state index < -0.39 is 12.9 Å². The number of nitrogens with two attached hydrogens (primary N) is 2. The highest BCUT2D eigenvalue weighted by molar-refractivity contribution is 5.29. The second-order valence-corrected chi connectivity index (χ2v) is 5.34. The molecule has 0 atom stereocenters. The zero-order chi connectivity index (χ0) is 19.3. The maximum Gasteiger partial charge on any atom is 0.0755 e. The number of quaternary nitrogens is 2. The Morgan fingerprint density at radius 3 is 0.875 bits per heavy atom. The van der Waals surface area contributed by atoms with Crippen molar-refractivity contribution >= 4 is 12.9 Å². The lowest BCUT2D eigenvalue weighted by Crippen LogP contribution is -2.84. The average Bonchev–Trinajstić information content (AvgIpc) is 2.57. The zero-order valence-electron chi connectivity index (χ0n) is 16.4. The number of hydrogen-bond acceptors (Lipinski definition) is 4. The highest BCUT2D eigenvalue weighted by Crippen LogP contribution is 1.80. The number of carbonyl (C=O) groups excluding carboxylic acids is 2. The molecule has 4 N–H and O–H groups in total. The molecule has 0 aliphatic carbocycles. The van der Waals surface area contributed by atoms with Crippen LogP contribution in [-0.2, 0) is 9.59 Å². The molecule has 148 valence electrons. The van der Waals surface area contributed by atoms with E-state index in [0.29, 0.717) is 0 Å². The van der Waals surface area contributed by atoms with Crippen LogP contribution in [-0.4, -0.2) is 39.1 Å². The smallest absolute Gasteiger partial charge is 0.0755 e. The van der Waals surface area contributed by atoms with E-state index in [0.717, 1.165) is 0 Å². The lowest BCUT2D eigenvalue weighted by molar-refractivity contribution is -0.655. The Hall–Kier alpha value is -1.14. The summed E-state index contributed by atoms with van der Waals surface area (Å²) in [5.74, 6) is 0.